The molecule has 0 spiro atoms. The fourth-order valence-electron chi connectivity index (χ4n) is 2.74. The van der Waals surface area contributed by atoms with Gasteiger partial charge in [-0.05, 0) is 57.7 Å². The number of anilines is 1. The van der Waals surface area contributed by atoms with Crippen LogP contribution >= 0.6 is 27.5 Å². The van der Waals surface area contributed by atoms with E-state index >= 15 is 0 Å². The molecule has 2 nitrogen and oxygen atoms in total. The molecular weight excluding hydrogens is 426 g/mol. The van der Waals surface area contributed by atoms with Crippen molar-refractivity contribution in [2.75, 3.05) is 4.90 Å². The van der Waals surface area contributed by atoms with Crippen molar-refractivity contribution in [3.8, 4) is 0 Å². The standard InChI is InChI=1S/C17H11BrClF4NO/c18-12-5-9-2-4-16(25)24(15(9)7-14(12)20)8-10-1-3-11(6-13(10)19)17(21,22)23/h1,3,5-7H,2,4,8H2. The van der Waals surface area contributed by atoms with E-state index in [4.69, 9.17) is 11.6 Å². The smallest absolute Gasteiger partial charge is 0.308 e. The molecule has 0 unspecified atom stereocenters. The summed E-state index contributed by atoms with van der Waals surface area (Å²) in [7, 11) is 0. The SMILES string of the molecule is O=C1CCc2cc(Br)c(F)cc2N1Cc1ccc(C(F)(F)F)cc1Cl. The molecule has 0 N–H and O–H groups in total. The molecule has 0 radical (unpaired) electrons. The van der Waals surface area contributed by atoms with Gasteiger partial charge in [-0.3, -0.25) is 4.79 Å². The van der Waals surface area contributed by atoms with Gasteiger partial charge in [0.15, 0.2) is 0 Å². The van der Waals surface area contributed by atoms with Gasteiger partial charge in [0.2, 0.25) is 5.91 Å². The fraction of sp³-hybridized carbons (Fsp3) is 0.235. The zero-order valence-corrected chi connectivity index (χ0v) is 15.0. The van der Waals surface area contributed by atoms with Crippen LogP contribution in [-0.2, 0) is 23.9 Å². The van der Waals surface area contributed by atoms with Crippen LogP contribution < -0.4 is 4.90 Å². The van der Waals surface area contributed by atoms with E-state index in [2.05, 4.69) is 15.9 Å². The molecule has 1 aliphatic heterocycles. The molecule has 1 aliphatic rings. The molecule has 0 bridgehead atoms. The number of rotatable bonds is 2. The zero-order chi connectivity index (χ0) is 18.4. The van der Waals surface area contributed by atoms with Gasteiger partial charge >= 0.3 is 6.18 Å². The van der Waals surface area contributed by atoms with E-state index < -0.39 is 17.6 Å². The number of alkyl halides is 3. The number of amides is 1. The highest BCUT2D eigenvalue weighted by Gasteiger charge is 2.31. The van der Waals surface area contributed by atoms with Gasteiger partial charge in [-0.25, -0.2) is 4.39 Å². The predicted molar refractivity (Wildman–Crippen MR) is 90.1 cm³/mol. The number of hydrogen-bond acceptors (Lipinski definition) is 1. The minimum absolute atomic E-state index is 0.0239. The molecule has 0 aliphatic carbocycles. The maximum Gasteiger partial charge on any atom is 0.416 e. The molecule has 3 rings (SSSR count). The summed E-state index contributed by atoms with van der Waals surface area (Å²) < 4.78 is 52.4. The lowest BCUT2D eigenvalue weighted by atomic mass is 10.00. The van der Waals surface area contributed by atoms with Crippen LogP contribution in [0.25, 0.3) is 0 Å². The van der Waals surface area contributed by atoms with Crippen molar-refractivity contribution in [3.05, 3.63) is 62.3 Å². The Bertz CT molecular complexity index is 853. The molecule has 1 amide bonds. The summed E-state index contributed by atoms with van der Waals surface area (Å²) in [5.74, 6) is -0.748. The van der Waals surface area contributed by atoms with Crippen molar-refractivity contribution in [2.45, 2.75) is 25.6 Å². The second-order valence-electron chi connectivity index (χ2n) is 5.68. The van der Waals surface area contributed by atoms with Crippen molar-refractivity contribution in [1.82, 2.24) is 0 Å². The summed E-state index contributed by atoms with van der Waals surface area (Å²) in [6.45, 7) is -0.0239. The van der Waals surface area contributed by atoms with Crippen LogP contribution in [0, 0.1) is 5.82 Å². The van der Waals surface area contributed by atoms with E-state index in [0.717, 1.165) is 17.7 Å². The van der Waals surface area contributed by atoms with Crippen LogP contribution in [0.2, 0.25) is 5.02 Å². The normalized spacial score (nSPS) is 14.6. The largest absolute Gasteiger partial charge is 0.416 e. The molecule has 8 heteroatoms. The molecule has 0 aromatic heterocycles. The quantitative estimate of drug-likeness (QED) is 0.550. The van der Waals surface area contributed by atoms with Gasteiger partial charge in [0.1, 0.15) is 5.82 Å². The zero-order valence-electron chi connectivity index (χ0n) is 12.6. The maximum atomic E-state index is 13.9. The van der Waals surface area contributed by atoms with Crippen molar-refractivity contribution in [2.24, 2.45) is 0 Å². The number of hydrogen-bond donors (Lipinski definition) is 0. The van der Waals surface area contributed by atoms with Gasteiger partial charge in [0.05, 0.1) is 22.3 Å². The summed E-state index contributed by atoms with van der Waals surface area (Å²) in [5.41, 5.74) is 0.699. The molecule has 132 valence electrons. The first-order valence-corrected chi connectivity index (χ1v) is 8.48. The van der Waals surface area contributed by atoms with Crippen LogP contribution in [0.5, 0.6) is 0 Å². The first-order chi connectivity index (χ1) is 11.7. The average molecular weight is 437 g/mol. The van der Waals surface area contributed by atoms with Crippen molar-refractivity contribution < 1.29 is 22.4 Å². The summed E-state index contributed by atoms with van der Waals surface area (Å²) in [6, 6.07) is 5.84. The Morgan fingerprint density at radius 2 is 1.88 bits per heavy atom. The number of nitrogens with zero attached hydrogens (tertiary/aromatic N) is 1. The van der Waals surface area contributed by atoms with Gasteiger partial charge in [-0.15, -0.1) is 0 Å². The molecule has 2 aromatic rings. The fourth-order valence-corrected chi connectivity index (χ4v) is 3.37. The van der Waals surface area contributed by atoms with E-state index in [1.165, 1.54) is 17.0 Å². The summed E-state index contributed by atoms with van der Waals surface area (Å²) >= 11 is 9.07. The molecule has 0 saturated carbocycles. The number of carbonyl (C=O) groups is 1. The maximum absolute atomic E-state index is 13.9. The Hall–Kier alpha value is -1.60. The number of carbonyl (C=O) groups excluding carboxylic acids is 1. The Morgan fingerprint density at radius 1 is 1.16 bits per heavy atom. The lowest BCUT2D eigenvalue weighted by Gasteiger charge is -2.30. The summed E-state index contributed by atoms with van der Waals surface area (Å²) in [5, 5.41) is -0.0904. The first kappa shape index (κ1) is 18.2. The Kier molecular flexibility index (Phi) is 4.81. The Labute approximate surface area is 154 Å². The molecule has 2 aromatic carbocycles. The first-order valence-electron chi connectivity index (χ1n) is 7.30. The van der Waals surface area contributed by atoms with Crippen LogP contribution in [0.1, 0.15) is 23.1 Å². The third-order valence-corrected chi connectivity index (χ3v) is 4.99. The summed E-state index contributed by atoms with van der Waals surface area (Å²) in [6.07, 6.45) is -3.78. The van der Waals surface area contributed by atoms with Crippen molar-refractivity contribution in [3.63, 3.8) is 0 Å². The van der Waals surface area contributed by atoms with Gasteiger partial charge in [-0.2, -0.15) is 13.2 Å². The highest BCUT2D eigenvalue weighted by atomic mass is 79.9. The van der Waals surface area contributed by atoms with Crippen molar-refractivity contribution in [1.29, 1.82) is 0 Å². The van der Waals surface area contributed by atoms with E-state index in [-0.39, 0.29) is 23.9 Å². The van der Waals surface area contributed by atoms with Crippen LogP contribution in [0.3, 0.4) is 0 Å². The van der Waals surface area contributed by atoms with E-state index in [1.807, 2.05) is 0 Å². The number of fused-ring (bicyclic) bond motifs is 1. The Morgan fingerprint density at radius 3 is 2.52 bits per heavy atom. The number of halogens is 6. The molecule has 0 atom stereocenters. The van der Waals surface area contributed by atoms with Gasteiger partial charge < -0.3 is 4.90 Å². The van der Waals surface area contributed by atoms with Crippen LogP contribution in [0.4, 0.5) is 23.2 Å². The van der Waals surface area contributed by atoms with Crippen LogP contribution in [-0.4, -0.2) is 5.91 Å². The Balaban J connectivity index is 1.96. The minimum Gasteiger partial charge on any atom is -0.308 e. The number of aryl methyl sites for hydroxylation is 1. The minimum atomic E-state index is -4.49. The van der Waals surface area contributed by atoms with E-state index in [9.17, 15) is 22.4 Å². The highest BCUT2D eigenvalue weighted by Crippen LogP contribution is 2.36. The van der Waals surface area contributed by atoms with Gasteiger partial charge in [0.25, 0.3) is 0 Å². The highest BCUT2D eigenvalue weighted by molar-refractivity contribution is 9.10. The van der Waals surface area contributed by atoms with E-state index in [1.54, 1.807) is 6.07 Å². The number of benzene rings is 2. The van der Waals surface area contributed by atoms with Gasteiger partial charge in [0, 0.05) is 11.4 Å². The third-order valence-electron chi connectivity index (χ3n) is 4.03. The lowest BCUT2D eigenvalue weighted by Crippen LogP contribution is -2.34. The second-order valence-corrected chi connectivity index (χ2v) is 6.94. The predicted octanol–water partition coefficient (Wildman–Crippen LogP) is 5.74. The average Bonchev–Trinajstić information content (AvgIpc) is 2.52. The molecular formula is C17H11BrClF4NO. The van der Waals surface area contributed by atoms with E-state index in [0.29, 0.717) is 22.1 Å². The monoisotopic (exact) mass is 435 g/mol. The lowest BCUT2D eigenvalue weighted by molar-refractivity contribution is -0.137. The topological polar surface area (TPSA) is 20.3 Å². The van der Waals surface area contributed by atoms with Crippen LogP contribution in [0.15, 0.2) is 34.8 Å². The second kappa shape index (κ2) is 6.61. The third kappa shape index (κ3) is 3.67. The molecule has 25 heavy (non-hydrogen) atoms. The summed E-state index contributed by atoms with van der Waals surface area (Å²) in [4.78, 5) is 13.6. The molecule has 0 saturated heterocycles. The molecule has 1 heterocycles. The van der Waals surface area contributed by atoms with Crippen molar-refractivity contribution >= 4 is 39.1 Å². The van der Waals surface area contributed by atoms with Gasteiger partial charge in [-0.1, -0.05) is 17.7 Å². The molecule has 0 fully saturated rings.